The molecule has 0 spiro atoms. The van der Waals surface area contributed by atoms with Gasteiger partial charge in [0.1, 0.15) is 5.75 Å². The van der Waals surface area contributed by atoms with Crippen LogP contribution in [0.4, 0.5) is 5.69 Å². The van der Waals surface area contributed by atoms with Crippen LogP contribution in [-0.4, -0.2) is 19.3 Å². The second-order valence-corrected chi connectivity index (χ2v) is 5.57. The number of phenols is 1. The van der Waals surface area contributed by atoms with E-state index in [2.05, 4.69) is 4.72 Å². The zero-order chi connectivity index (χ0) is 11.6. The molecule has 0 aliphatic heterocycles. The molecule has 1 aromatic rings. The van der Waals surface area contributed by atoms with Gasteiger partial charge in [-0.2, -0.15) is 0 Å². The van der Waals surface area contributed by atoms with E-state index < -0.39 is 10.0 Å². The first-order chi connectivity index (χ1) is 6.85. The Hall–Kier alpha value is -0.940. The molecule has 6 heteroatoms. The fourth-order valence-electron chi connectivity index (χ4n) is 1.05. The molecule has 0 radical (unpaired) electrons. The Bertz CT molecular complexity index is 470. The van der Waals surface area contributed by atoms with Crippen molar-refractivity contribution >= 4 is 27.3 Å². The topological polar surface area (TPSA) is 66.4 Å². The third kappa shape index (κ3) is 3.00. The van der Waals surface area contributed by atoms with E-state index in [0.29, 0.717) is 10.6 Å². The van der Waals surface area contributed by atoms with Gasteiger partial charge in [0.05, 0.1) is 11.4 Å². The van der Waals surface area contributed by atoms with Crippen molar-refractivity contribution in [3.05, 3.63) is 22.7 Å². The minimum atomic E-state index is -3.40. The van der Waals surface area contributed by atoms with E-state index in [0.717, 1.165) is 0 Å². The van der Waals surface area contributed by atoms with Crippen molar-refractivity contribution in [3.63, 3.8) is 0 Å². The second-order valence-electron chi connectivity index (χ2n) is 3.12. The van der Waals surface area contributed by atoms with Crippen molar-refractivity contribution in [2.45, 2.75) is 13.8 Å². The average molecular weight is 250 g/mol. The summed E-state index contributed by atoms with van der Waals surface area (Å²) in [5, 5.41) is 9.97. The minimum Gasteiger partial charge on any atom is -0.505 e. The van der Waals surface area contributed by atoms with Crippen LogP contribution in [0.5, 0.6) is 5.75 Å². The molecule has 0 unspecified atom stereocenters. The van der Waals surface area contributed by atoms with Crippen LogP contribution < -0.4 is 4.72 Å². The predicted octanol–water partition coefficient (Wildman–Crippen LogP) is 2.12. The molecule has 0 atom stereocenters. The van der Waals surface area contributed by atoms with E-state index in [1.165, 1.54) is 13.0 Å². The van der Waals surface area contributed by atoms with Gasteiger partial charge in [0.25, 0.3) is 0 Å². The van der Waals surface area contributed by atoms with Crippen LogP contribution in [0.3, 0.4) is 0 Å². The lowest BCUT2D eigenvalue weighted by atomic mass is 10.2. The molecule has 0 bridgehead atoms. The smallest absolute Gasteiger partial charge is 0.232 e. The van der Waals surface area contributed by atoms with Crippen LogP contribution in [0.15, 0.2) is 12.1 Å². The maximum absolute atomic E-state index is 11.3. The van der Waals surface area contributed by atoms with E-state index in [1.807, 2.05) is 0 Å². The monoisotopic (exact) mass is 249 g/mol. The van der Waals surface area contributed by atoms with Crippen molar-refractivity contribution in [1.82, 2.24) is 0 Å². The van der Waals surface area contributed by atoms with Gasteiger partial charge >= 0.3 is 0 Å². The normalized spacial score (nSPS) is 11.4. The molecule has 0 aliphatic rings. The van der Waals surface area contributed by atoms with Gasteiger partial charge in [0.15, 0.2) is 0 Å². The highest BCUT2D eigenvalue weighted by molar-refractivity contribution is 7.92. The molecule has 4 nitrogen and oxygen atoms in total. The lowest BCUT2D eigenvalue weighted by Gasteiger charge is -2.10. The molecular formula is C9H12ClNO3S. The maximum Gasteiger partial charge on any atom is 0.232 e. The molecule has 15 heavy (non-hydrogen) atoms. The maximum atomic E-state index is 11.3. The number of rotatable bonds is 3. The Kier molecular flexibility index (Phi) is 3.46. The third-order valence-corrected chi connectivity index (χ3v) is 3.42. The Morgan fingerprint density at radius 1 is 1.47 bits per heavy atom. The number of benzene rings is 1. The van der Waals surface area contributed by atoms with E-state index in [4.69, 9.17) is 11.6 Å². The minimum absolute atomic E-state index is 0.0575. The molecule has 1 rings (SSSR count). The Labute approximate surface area is 93.9 Å². The lowest BCUT2D eigenvalue weighted by molar-refractivity contribution is 0.473. The highest BCUT2D eigenvalue weighted by Gasteiger charge is 2.12. The number of halogens is 1. The molecule has 0 heterocycles. The van der Waals surface area contributed by atoms with Crippen molar-refractivity contribution in [3.8, 4) is 5.75 Å². The lowest BCUT2D eigenvalue weighted by Crippen LogP contribution is -2.14. The SMILES string of the molecule is CCS(=O)(=O)Nc1cc(Cl)cc(C)c1O. The summed E-state index contributed by atoms with van der Waals surface area (Å²) in [5.41, 5.74) is 0.637. The molecular weight excluding hydrogens is 238 g/mol. The van der Waals surface area contributed by atoms with Crippen LogP contribution in [-0.2, 0) is 10.0 Å². The molecule has 84 valence electrons. The van der Waals surface area contributed by atoms with Crippen molar-refractivity contribution in [2.24, 2.45) is 0 Å². The van der Waals surface area contributed by atoms with E-state index in [-0.39, 0.29) is 17.2 Å². The van der Waals surface area contributed by atoms with E-state index in [1.54, 1.807) is 13.0 Å². The third-order valence-electron chi connectivity index (χ3n) is 1.91. The van der Waals surface area contributed by atoms with Crippen LogP contribution in [0.25, 0.3) is 0 Å². The zero-order valence-corrected chi connectivity index (χ0v) is 9.98. The first-order valence-electron chi connectivity index (χ1n) is 4.35. The largest absolute Gasteiger partial charge is 0.505 e. The van der Waals surface area contributed by atoms with Crippen LogP contribution >= 0.6 is 11.6 Å². The van der Waals surface area contributed by atoms with Gasteiger partial charge < -0.3 is 5.11 Å². The number of anilines is 1. The van der Waals surface area contributed by atoms with E-state index in [9.17, 15) is 13.5 Å². The molecule has 0 aromatic heterocycles. The number of hydrogen-bond acceptors (Lipinski definition) is 3. The zero-order valence-electron chi connectivity index (χ0n) is 8.41. The summed E-state index contributed by atoms with van der Waals surface area (Å²) in [4.78, 5) is 0. The summed E-state index contributed by atoms with van der Waals surface area (Å²) in [6, 6.07) is 2.93. The summed E-state index contributed by atoms with van der Waals surface area (Å²) in [6.45, 7) is 3.15. The molecule has 2 N–H and O–H groups in total. The van der Waals surface area contributed by atoms with Crippen LogP contribution in [0, 0.1) is 6.92 Å². The Morgan fingerprint density at radius 3 is 2.60 bits per heavy atom. The number of hydrogen-bond donors (Lipinski definition) is 2. The van der Waals surface area contributed by atoms with E-state index >= 15 is 0 Å². The molecule has 0 aliphatic carbocycles. The van der Waals surface area contributed by atoms with Gasteiger partial charge in [-0.05, 0) is 31.5 Å². The second kappa shape index (κ2) is 4.28. The predicted molar refractivity (Wildman–Crippen MR) is 60.9 cm³/mol. The molecule has 0 saturated heterocycles. The molecule has 0 saturated carbocycles. The average Bonchev–Trinajstić information content (AvgIpc) is 2.13. The van der Waals surface area contributed by atoms with Crippen molar-refractivity contribution in [1.29, 1.82) is 0 Å². The first-order valence-corrected chi connectivity index (χ1v) is 6.38. The molecule has 1 aromatic carbocycles. The number of phenolic OH excluding ortho intramolecular Hbond substituents is 1. The van der Waals surface area contributed by atoms with Gasteiger partial charge in [-0.1, -0.05) is 11.6 Å². The summed E-state index contributed by atoms with van der Waals surface area (Å²) >= 11 is 5.75. The van der Waals surface area contributed by atoms with Gasteiger partial charge in [-0.15, -0.1) is 0 Å². The van der Waals surface area contributed by atoms with Gasteiger partial charge in [0.2, 0.25) is 10.0 Å². The van der Waals surface area contributed by atoms with Crippen molar-refractivity contribution < 1.29 is 13.5 Å². The van der Waals surface area contributed by atoms with Gasteiger partial charge in [-0.25, -0.2) is 8.42 Å². The number of aryl methyl sites for hydroxylation is 1. The summed E-state index contributed by atoms with van der Waals surface area (Å²) < 4.78 is 24.8. The van der Waals surface area contributed by atoms with Crippen LogP contribution in [0.2, 0.25) is 5.02 Å². The fraction of sp³-hybridized carbons (Fsp3) is 0.333. The number of nitrogens with one attached hydrogen (secondary N) is 1. The highest BCUT2D eigenvalue weighted by atomic mass is 35.5. The summed E-state index contributed by atoms with van der Waals surface area (Å²) in [7, 11) is -3.40. The Balaban J connectivity index is 3.16. The summed E-state index contributed by atoms with van der Waals surface area (Å²) in [6.07, 6.45) is 0. The Morgan fingerprint density at radius 2 is 2.07 bits per heavy atom. The molecule has 0 amide bonds. The number of aromatic hydroxyl groups is 1. The van der Waals surface area contributed by atoms with Gasteiger partial charge in [-0.3, -0.25) is 4.72 Å². The summed E-state index contributed by atoms with van der Waals surface area (Å²) in [5.74, 6) is -0.158. The highest BCUT2D eigenvalue weighted by Crippen LogP contribution is 2.31. The fourth-order valence-corrected chi connectivity index (χ4v) is 1.96. The van der Waals surface area contributed by atoms with Crippen LogP contribution in [0.1, 0.15) is 12.5 Å². The van der Waals surface area contributed by atoms with Crippen molar-refractivity contribution in [2.75, 3.05) is 10.5 Å². The quantitative estimate of drug-likeness (QED) is 0.807. The standard InChI is InChI=1S/C9H12ClNO3S/c1-3-15(13,14)11-8-5-7(10)4-6(2)9(8)12/h4-5,11-12H,3H2,1-2H3. The molecule has 0 fully saturated rings. The van der Waals surface area contributed by atoms with Gasteiger partial charge in [0, 0.05) is 5.02 Å². The first kappa shape index (κ1) is 12.1. The number of sulfonamides is 1.